The van der Waals surface area contributed by atoms with Crippen molar-refractivity contribution in [2.75, 3.05) is 20.3 Å². The van der Waals surface area contributed by atoms with Crippen LogP contribution in [0.15, 0.2) is 30.5 Å². The number of H-pyrrole nitrogens is 1. The van der Waals surface area contributed by atoms with E-state index in [4.69, 9.17) is 14.2 Å². The summed E-state index contributed by atoms with van der Waals surface area (Å²) in [6.07, 6.45) is 3.00. The molecule has 0 bridgehead atoms. The quantitative estimate of drug-likeness (QED) is 0.267. The van der Waals surface area contributed by atoms with Gasteiger partial charge in [-0.15, -0.1) is 0 Å². The van der Waals surface area contributed by atoms with E-state index in [-0.39, 0.29) is 30.6 Å². The maximum atomic E-state index is 14.0. The normalized spacial score (nSPS) is 18.2. The lowest BCUT2D eigenvalue weighted by Gasteiger charge is -2.38. The molecule has 1 fully saturated rings. The van der Waals surface area contributed by atoms with Gasteiger partial charge in [0.25, 0.3) is 0 Å². The maximum absolute atomic E-state index is 14.0. The SMILES string of the molecule is CC[C@H](C)[C@H](NC(=O)[C@H](Cc1c[nH]c2ccccc12)NC(=O)C(CC(C)C)CC1OCCCN1C(=O)OC(C)(C)C)C(=O)OC. The van der Waals surface area contributed by atoms with E-state index in [9.17, 15) is 19.2 Å². The minimum Gasteiger partial charge on any atom is -0.467 e. The first-order valence-electron chi connectivity index (χ1n) is 16.1. The van der Waals surface area contributed by atoms with Crippen molar-refractivity contribution < 1.29 is 33.4 Å². The van der Waals surface area contributed by atoms with Crippen LogP contribution in [-0.4, -0.2) is 77.9 Å². The van der Waals surface area contributed by atoms with Crippen molar-refractivity contribution in [3.63, 3.8) is 0 Å². The molecule has 3 N–H and O–H groups in total. The number of nitrogens with zero attached hydrogens (tertiary/aromatic N) is 1. The average Bonchev–Trinajstić information content (AvgIpc) is 3.40. The molecule has 0 radical (unpaired) electrons. The van der Waals surface area contributed by atoms with Gasteiger partial charge in [0.2, 0.25) is 11.8 Å². The number of hydrogen-bond donors (Lipinski definition) is 3. The van der Waals surface area contributed by atoms with Crippen LogP contribution in [0.3, 0.4) is 0 Å². The van der Waals surface area contributed by atoms with E-state index in [0.717, 1.165) is 16.5 Å². The molecule has 1 aromatic carbocycles. The Morgan fingerprint density at radius 2 is 1.80 bits per heavy atom. The lowest BCUT2D eigenvalue weighted by Crippen LogP contribution is -2.55. The molecule has 250 valence electrons. The predicted octanol–water partition coefficient (Wildman–Crippen LogP) is 4.94. The molecule has 11 heteroatoms. The molecule has 2 unspecified atom stereocenters. The Morgan fingerprint density at radius 1 is 1.09 bits per heavy atom. The topological polar surface area (TPSA) is 139 Å². The van der Waals surface area contributed by atoms with Crippen molar-refractivity contribution in [2.45, 2.75) is 104 Å². The lowest BCUT2D eigenvalue weighted by molar-refractivity contribution is -0.147. The van der Waals surface area contributed by atoms with Gasteiger partial charge in [0.1, 0.15) is 23.9 Å². The first kappa shape index (κ1) is 35.9. The molecule has 5 atom stereocenters. The van der Waals surface area contributed by atoms with Gasteiger partial charge in [0.05, 0.1) is 13.7 Å². The minimum atomic E-state index is -0.975. The van der Waals surface area contributed by atoms with Crippen molar-refractivity contribution in [2.24, 2.45) is 17.8 Å². The van der Waals surface area contributed by atoms with Gasteiger partial charge in [0, 0.05) is 42.4 Å². The molecule has 2 heterocycles. The van der Waals surface area contributed by atoms with Crippen LogP contribution in [0.1, 0.15) is 79.7 Å². The predicted molar refractivity (Wildman–Crippen MR) is 172 cm³/mol. The fraction of sp³-hybridized carbons (Fsp3) is 0.647. The molecule has 0 aliphatic carbocycles. The zero-order valence-corrected chi connectivity index (χ0v) is 28.1. The van der Waals surface area contributed by atoms with Crippen molar-refractivity contribution in [1.29, 1.82) is 0 Å². The molecule has 0 spiro atoms. The van der Waals surface area contributed by atoms with Gasteiger partial charge in [-0.05, 0) is 57.1 Å². The third kappa shape index (κ3) is 10.2. The minimum absolute atomic E-state index is 0.161. The highest BCUT2D eigenvalue weighted by Crippen LogP contribution is 2.26. The molecule has 0 saturated carbocycles. The van der Waals surface area contributed by atoms with Gasteiger partial charge in [-0.2, -0.15) is 0 Å². The van der Waals surface area contributed by atoms with Gasteiger partial charge in [-0.3, -0.25) is 14.5 Å². The van der Waals surface area contributed by atoms with Crippen molar-refractivity contribution >= 4 is 34.8 Å². The van der Waals surface area contributed by atoms with Crippen LogP contribution in [0.2, 0.25) is 0 Å². The molecule has 1 aromatic heterocycles. The van der Waals surface area contributed by atoms with Gasteiger partial charge in [-0.25, -0.2) is 9.59 Å². The monoisotopic (exact) mass is 628 g/mol. The van der Waals surface area contributed by atoms with E-state index < -0.39 is 47.8 Å². The molecule has 3 rings (SSSR count). The number of hydrogen-bond acceptors (Lipinski definition) is 7. The average molecular weight is 629 g/mol. The lowest BCUT2D eigenvalue weighted by atomic mass is 9.91. The number of aromatic nitrogens is 1. The van der Waals surface area contributed by atoms with Crippen LogP contribution in [0.5, 0.6) is 0 Å². The molecule has 11 nitrogen and oxygen atoms in total. The molecular weight excluding hydrogens is 576 g/mol. The highest BCUT2D eigenvalue weighted by Gasteiger charge is 2.37. The standard InChI is InChI=1S/C34H52N4O7/c1-9-22(4)29(32(41)43-8)37-31(40)27(18-24-20-35-26-14-11-10-13-25(24)26)36-30(39)23(17-21(2)3)19-28-38(15-12-16-44-28)33(42)45-34(5,6)7/h10-11,13-14,20-23,27-29,35H,9,12,15-19H2,1-8H3,(H,36,39)(H,37,40)/t22-,23?,27-,28?,29-/m0/s1. The van der Waals surface area contributed by atoms with Gasteiger partial charge < -0.3 is 29.8 Å². The van der Waals surface area contributed by atoms with Crippen LogP contribution in [0, 0.1) is 17.8 Å². The highest BCUT2D eigenvalue weighted by atomic mass is 16.6. The molecule has 1 aliphatic rings. The second kappa shape index (κ2) is 16.1. The van der Waals surface area contributed by atoms with Crippen molar-refractivity contribution in [3.8, 4) is 0 Å². The third-order valence-electron chi connectivity index (χ3n) is 8.14. The number of carbonyl (C=O) groups is 4. The summed E-state index contributed by atoms with van der Waals surface area (Å²) in [5, 5.41) is 6.81. The van der Waals surface area contributed by atoms with E-state index in [1.165, 1.54) is 7.11 Å². The van der Waals surface area contributed by atoms with E-state index >= 15 is 0 Å². The Morgan fingerprint density at radius 3 is 2.44 bits per heavy atom. The third-order valence-corrected chi connectivity index (χ3v) is 8.14. The van der Waals surface area contributed by atoms with Crippen LogP contribution in [0.25, 0.3) is 10.9 Å². The Kier molecular flexibility index (Phi) is 12.8. The largest absolute Gasteiger partial charge is 0.467 e. The fourth-order valence-corrected chi connectivity index (χ4v) is 5.60. The Bertz CT molecular complexity index is 1300. The summed E-state index contributed by atoms with van der Waals surface area (Å²) < 4.78 is 16.6. The Balaban J connectivity index is 1.89. The number of methoxy groups -OCH3 is 1. The van der Waals surface area contributed by atoms with Gasteiger partial charge >= 0.3 is 12.1 Å². The number of fused-ring (bicyclic) bond motifs is 1. The first-order valence-corrected chi connectivity index (χ1v) is 16.1. The summed E-state index contributed by atoms with van der Waals surface area (Å²) in [6.45, 7) is 14.2. The van der Waals surface area contributed by atoms with Crippen molar-refractivity contribution in [1.82, 2.24) is 20.5 Å². The molecule has 2 aromatic rings. The fourth-order valence-electron chi connectivity index (χ4n) is 5.60. The number of benzene rings is 1. The molecule has 1 aliphatic heterocycles. The molecular formula is C34H52N4O7. The van der Waals surface area contributed by atoms with E-state index in [1.54, 1.807) is 4.90 Å². The Labute approximate surface area is 267 Å². The second-order valence-corrected chi connectivity index (χ2v) is 13.4. The number of aromatic amines is 1. The molecule has 1 saturated heterocycles. The number of amides is 3. The van der Waals surface area contributed by atoms with Crippen LogP contribution in [-0.2, 0) is 35.0 Å². The summed E-state index contributed by atoms with van der Waals surface area (Å²) in [5.74, 6) is -1.90. The van der Waals surface area contributed by atoms with Crippen molar-refractivity contribution in [3.05, 3.63) is 36.0 Å². The zero-order chi connectivity index (χ0) is 33.3. The summed E-state index contributed by atoms with van der Waals surface area (Å²) in [7, 11) is 1.29. The van der Waals surface area contributed by atoms with E-state index in [1.807, 2.05) is 78.9 Å². The summed E-state index contributed by atoms with van der Waals surface area (Å²) in [6, 6.07) is 5.91. The van der Waals surface area contributed by atoms with Gasteiger partial charge in [-0.1, -0.05) is 52.3 Å². The number of nitrogens with one attached hydrogen (secondary N) is 3. The van der Waals surface area contributed by atoms with E-state index in [2.05, 4.69) is 15.6 Å². The molecule has 3 amide bonds. The van der Waals surface area contributed by atoms with Crippen LogP contribution >= 0.6 is 0 Å². The van der Waals surface area contributed by atoms with E-state index in [0.29, 0.717) is 32.4 Å². The van der Waals surface area contributed by atoms with Gasteiger partial charge in [0.15, 0.2) is 0 Å². The number of esters is 1. The molecule has 45 heavy (non-hydrogen) atoms. The Hall–Kier alpha value is -3.60. The maximum Gasteiger partial charge on any atom is 0.412 e. The number of rotatable bonds is 13. The first-order chi connectivity index (χ1) is 21.2. The zero-order valence-electron chi connectivity index (χ0n) is 28.1. The number of carbonyl (C=O) groups excluding carboxylic acids is 4. The number of ether oxygens (including phenoxy) is 3. The smallest absolute Gasteiger partial charge is 0.412 e. The summed E-state index contributed by atoms with van der Waals surface area (Å²) in [4.78, 5) is 58.4. The van der Waals surface area contributed by atoms with Crippen LogP contribution < -0.4 is 10.6 Å². The second-order valence-electron chi connectivity index (χ2n) is 13.4. The number of para-hydroxylation sites is 1. The highest BCUT2D eigenvalue weighted by molar-refractivity contribution is 5.92. The summed E-state index contributed by atoms with van der Waals surface area (Å²) in [5.41, 5.74) is 1.10. The summed E-state index contributed by atoms with van der Waals surface area (Å²) >= 11 is 0. The van der Waals surface area contributed by atoms with Crippen LogP contribution in [0.4, 0.5) is 4.79 Å².